The molecule has 3 rings (SSSR count). The second-order valence-corrected chi connectivity index (χ2v) is 8.81. The monoisotopic (exact) mass is 399 g/mol. The fourth-order valence-electron chi connectivity index (χ4n) is 3.38. The lowest BCUT2D eigenvalue weighted by Gasteiger charge is -2.26. The van der Waals surface area contributed by atoms with Gasteiger partial charge in [0.2, 0.25) is 0 Å². The highest BCUT2D eigenvalue weighted by Crippen LogP contribution is 2.38. The smallest absolute Gasteiger partial charge is 0.290 e. The number of hydrogen-bond acceptors (Lipinski definition) is 5. The maximum absolute atomic E-state index is 12.6. The molecule has 1 amide bonds. The van der Waals surface area contributed by atoms with Gasteiger partial charge in [-0.15, -0.1) is 0 Å². The molecule has 1 aliphatic rings. The summed E-state index contributed by atoms with van der Waals surface area (Å²) in [7, 11) is -3.36. The Kier molecular flexibility index (Phi) is 5.38. The van der Waals surface area contributed by atoms with Gasteiger partial charge in [0.25, 0.3) is 5.91 Å². The van der Waals surface area contributed by atoms with Crippen LogP contribution >= 0.6 is 0 Å². The molecule has 1 N–H and O–H groups in total. The van der Waals surface area contributed by atoms with Crippen LogP contribution in [0.15, 0.2) is 70.8 Å². The summed E-state index contributed by atoms with van der Waals surface area (Å²) in [6.07, 6.45) is 1.67. The van der Waals surface area contributed by atoms with Gasteiger partial charge in [-0.1, -0.05) is 42.5 Å². The Hall–Kier alpha value is -2.93. The van der Waals surface area contributed by atoms with Crippen LogP contribution in [0.3, 0.4) is 0 Å². The predicted molar refractivity (Wildman–Crippen MR) is 104 cm³/mol. The third-order valence-electron chi connectivity index (χ3n) is 4.79. The van der Waals surface area contributed by atoms with E-state index in [9.17, 15) is 23.1 Å². The molecule has 0 bridgehead atoms. The zero-order valence-corrected chi connectivity index (χ0v) is 16.4. The molecule has 0 saturated heterocycles. The normalized spacial score (nSPS) is 17.3. The minimum atomic E-state index is -3.36. The molecule has 0 fully saturated rings. The molecule has 1 heterocycles. The topological polar surface area (TPSA) is 91.8 Å². The van der Waals surface area contributed by atoms with Gasteiger partial charge in [-0.3, -0.25) is 9.59 Å². The predicted octanol–water partition coefficient (Wildman–Crippen LogP) is 2.62. The van der Waals surface area contributed by atoms with E-state index < -0.39 is 33.3 Å². The lowest BCUT2D eigenvalue weighted by Crippen LogP contribution is -2.32. The van der Waals surface area contributed by atoms with Gasteiger partial charge in [0, 0.05) is 12.8 Å². The van der Waals surface area contributed by atoms with Crippen LogP contribution in [0.4, 0.5) is 0 Å². The molecule has 6 nitrogen and oxygen atoms in total. The zero-order valence-electron chi connectivity index (χ0n) is 15.6. The van der Waals surface area contributed by atoms with Crippen molar-refractivity contribution < 1.29 is 23.1 Å². The lowest BCUT2D eigenvalue weighted by atomic mass is 9.96. The summed E-state index contributed by atoms with van der Waals surface area (Å²) >= 11 is 0. The van der Waals surface area contributed by atoms with E-state index in [1.807, 2.05) is 30.3 Å². The van der Waals surface area contributed by atoms with Crippen LogP contribution in [0.2, 0.25) is 0 Å². The molecule has 0 saturated carbocycles. The third-order valence-corrected chi connectivity index (χ3v) is 5.92. The molecule has 2 aromatic rings. The number of sulfone groups is 1. The minimum Gasteiger partial charge on any atom is -0.503 e. The van der Waals surface area contributed by atoms with E-state index in [1.54, 1.807) is 12.1 Å². The number of nitrogens with zero attached hydrogens (tertiary/aromatic N) is 1. The Balaban J connectivity index is 1.96. The number of Topliss-reactive ketones (excluding diaryl/α,β-unsaturated/α-hetero) is 1. The first-order valence-corrected chi connectivity index (χ1v) is 10.7. The van der Waals surface area contributed by atoms with E-state index in [0.29, 0.717) is 18.5 Å². The van der Waals surface area contributed by atoms with Gasteiger partial charge in [-0.25, -0.2) is 8.42 Å². The Morgan fingerprint density at radius 1 is 1.07 bits per heavy atom. The van der Waals surface area contributed by atoms with Crippen molar-refractivity contribution in [2.45, 2.75) is 24.3 Å². The van der Waals surface area contributed by atoms with Crippen LogP contribution in [0.1, 0.15) is 24.1 Å². The summed E-state index contributed by atoms with van der Waals surface area (Å²) in [5.41, 5.74) is 1.63. The van der Waals surface area contributed by atoms with Gasteiger partial charge in [0.05, 0.1) is 16.5 Å². The number of benzene rings is 2. The van der Waals surface area contributed by atoms with Crippen molar-refractivity contribution in [3.05, 3.63) is 77.1 Å². The Labute approximate surface area is 164 Å². The van der Waals surface area contributed by atoms with Crippen LogP contribution in [0.5, 0.6) is 0 Å². The maximum Gasteiger partial charge on any atom is 0.290 e. The molecule has 28 heavy (non-hydrogen) atoms. The first-order valence-electron chi connectivity index (χ1n) is 8.79. The van der Waals surface area contributed by atoms with Crippen molar-refractivity contribution >= 4 is 21.5 Å². The molecular formula is C21H21NO5S. The SMILES string of the molecule is CC(=O)C1=C(O)C(=O)N(CCc2ccccc2)C1c1ccc(S(C)(=O)=O)cc1. The van der Waals surface area contributed by atoms with Gasteiger partial charge in [-0.2, -0.15) is 0 Å². The Morgan fingerprint density at radius 3 is 2.21 bits per heavy atom. The third kappa shape index (κ3) is 3.84. The molecule has 0 aromatic heterocycles. The fraction of sp³-hybridized carbons (Fsp3) is 0.238. The van der Waals surface area contributed by atoms with E-state index >= 15 is 0 Å². The molecule has 0 aliphatic carbocycles. The van der Waals surface area contributed by atoms with Gasteiger partial charge < -0.3 is 10.0 Å². The molecule has 2 aromatic carbocycles. The molecular weight excluding hydrogens is 378 g/mol. The Bertz CT molecular complexity index is 1040. The van der Waals surface area contributed by atoms with Crippen molar-refractivity contribution in [1.29, 1.82) is 0 Å². The fourth-order valence-corrected chi connectivity index (χ4v) is 4.01. The summed E-state index contributed by atoms with van der Waals surface area (Å²) in [6, 6.07) is 14.9. The average molecular weight is 399 g/mol. The Morgan fingerprint density at radius 2 is 1.68 bits per heavy atom. The van der Waals surface area contributed by atoms with Crippen molar-refractivity contribution in [3.8, 4) is 0 Å². The van der Waals surface area contributed by atoms with Gasteiger partial charge in [0.1, 0.15) is 0 Å². The second kappa shape index (κ2) is 7.59. The maximum atomic E-state index is 12.6. The lowest BCUT2D eigenvalue weighted by molar-refractivity contribution is -0.129. The molecule has 146 valence electrons. The van der Waals surface area contributed by atoms with Gasteiger partial charge >= 0.3 is 0 Å². The molecule has 1 atom stereocenters. The van der Waals surface area contributed by atoms with E-state index in [1.165, 1.54) is 24.0 Å². The van der Waals surface area contributed by atoms with Crippen molar-refractivity contribution in [2.75, 3.05) is 12.8 Å². The van der Waals surface area contributed by atoms with E-state index in [0.717, 1.165) is 11.8 Å². The summed E-state index contributed by atoms with van der Waals surface area (Å²) in [5.74, 6) is -1.54. The van der Waals surface area contributed by atoms with Crippen LogP contribution < -0.4 is 0 Å². The number of hydrogen-bond donors (Lipinski definition) is 1. The van der Waals surface area contributed by atoms with Gasteiger partial charge in [-0.05, 0) is 36.6 Å². The zero-order chi connectivity index (χ0) is 20.5. The molecule has 1 aliphatic heterocycles. The first-order chi connectivity index (χ1) is 13.2. The highest BCUT2D eigenvalue weighted by Gasteiger charge is 2.42. The average Bonchev–Trinajstić information content (AvgIpc) is 2.91. The van der Waals surface area contributed by atoms with Crippen molar-refractivity contribution in [2.24, 2.45) is 0 Å². The molecule has 1 unspecified atom stereocenters. The summed E-state index contributed by atoms with van der Waals surface area (Å²) in [4.78, 5) is 26.4. The first kappa shape index (κ1) is 19.8. The standard InChI is InChI=1S/C21H21NO5S/c1-14(23)18-19(16-8-10-17(11-9-16)28(2,26)27)22(21(25)20(18)24)13-12-15-6-4-3-5-7-15/h3-11,19,24H,12-13H2,1-2H3. The van der Waals surface area contributed by atoms with Crippen molar-refractivity contribution in [3.63, 3.8) is 0 Å². The molecule has 0 spiro atoms. The minimum absolute atomic E-state index is 0.0326. The number of aliphatic hydroxyl groups is 1. The van der Waals surface area contributed by atoms with Crippen LogP contribution in [0.25, 0.3) is 0 Å². The number of ketones is 1. The number of aliphatic hydroxyl groups excluding tert-OH is 1. The van der Waals surface area contributed by atoms with Crippen molar-refractivity contribution in [1.82, 2.24) is 4.90 Å². The van der Waals surface area contributed by atoms with E-state index in [4.69, 9.17) is 0 Å². The van der Waals surface area contributed by atoms with Crippen LogP contribution in [-0.4, -0.2) is 42.9 Å². The summed E-state index contributed by atoms with van der Waals surface area (Å²) in [6.45, 7) is 1.61. The summed E-state index contributed by atoms with van der Waals surface area (Å²) < 4.78 is 23.4. The molecule has 0 radical (unpaired) electrons. The highest BCUT2D eigenvalue weighted by atomic mass is 32.2. The number of rotatable bonds is 6. The highest BCUT2D eigenvalue weighted by molar-refractivity contribution is 7.90. The quantitative estimate of drug-likeness (QED) is 0.806. The summed E-state index contributed by atoms with van der Waals surface area (Å²) in [5, 5.41) is 10.3. The second-order valence-electron chi connectivity index (χ2n) is 6.80. The van der Waals surface area contributed by atoms with E-state index in [-0.39, 0.29) is 10.5 Å². The van der Waals surface area contributed by atoms with E-state index in [2.05, 4.69) is 0 Å². The van der Waals surface area contributed by atoms with Crippen LogP contribution in [-0.2, 0) is 25.8 Å². The van der Waals surface area contributed by atoms with Crippen LogP contribution in [0, 0.1) is 0 Å². The number of carbonyl (C=O) groups excluding carboxylic acids is 2. The van der Waals surface area contributed by atoms with Gasteiger partial charge in [0.15, 0.2) is 21.4 Å². The number of carbonyl (C=O) groups is 2. The molecule has 7 heteroatoms. The number of amides is 1. The largest absolute Gasteiger partial charge is 0.503 e.